The molecule has 6 nitrogen and oxygen atoms in total. The van der Waals surface area contributed by atoms with Crippen molar-refractivity contribution in [1.82, 2.24) is 0 Å². The number of nitriles is 1. The Morgan fingerprint density at radius 2 is 1.76 bits per heavy atom. The molecular weight excluding hydrogens is 440 g/mol. The highest BCUT2D eigenvalue weighted by molar-refractivity contribution is 6.51. The number of anilines is 1. The first-order chi connectivity index (χ1) is 15.9. The lowest BCUT2D eigenvalue weighted by Gasteiger charge is -2.25. The molecule has 1 saturated heterocycles. The molecule has 0 radical (unpaired) electrons. The van der Waals surface area contributed by atoms with Crippen molar-refractivity contribution in [1.29, 1.82) is 5.26 Å². The topological polar surface area (TPSA) is 90.6 Å². The molecule has 3 aromatic carbocycles. The number of aliphatic hydroxyl groups is 1. The average molecular weight is 459 g/mol. The molecule has 4 rings (SSSR count). The summed E-state index contributed by atoms with van der Waals surface area (Å²) in [5, 5.41) is 20.7. The van der Waals surface area contributed by atoms with Crippen LogP contribution in [0.2, 0.25) is 5.02 Å². The predicted molar refractivity (Wildman–Crippen MR) is 125 cm³/mol. The Kier molecular flexibility index (Phi) is 5.91. The molecule has 7 heteroatoms. The van der Waals surface area contributed by atoms with Crippen LogP contribution >= 0.6 is 11.6 Å². The van der Waals surface area contributed by atoms with Gasteiger partial charge in [0, 0.05) is 5.69 Å². The van der Waals surface area contributed by atoms with Gasteiger partial charge in [-0.25, -0.2) is 0 Å². The number of carbonyl (C=O) groups is 2. The van der Waals surface area contributed by atoms with Crippen molar-refractivity contribution in [2.45, 2.75) is 13.0 Å². The molecule has 0 bridgehead atoms. The number of methoxy groups -OCH3 is 1. The lowest BCUT2D eigenvalue weighted by atomic mass is 9.94. The zero-order chi connectivity index (χ0) is 23.7. The lowest BCUT2D eigenvalue weighted by Crippen LogP contribution is -2.29. The third-order valence-corrected chi connectivity index (χ3v) is 5.76. The van der Waals surface area contributed by atoms with Gasteiger partial charge in [-0.05, 0) is 54.4 Å². The van der Waals surface area contributed by atoms with Gasteiger partial charge in [0.15, 0.2) is 0 Å². The summed E-state index contributed by atoms with van der Waals surface area (Å²) in [5.41, 5.74) is 2.39. The first-order valence-electron chi connectivity index (χ1n) is 10.1. The quantitative estimate of drug-likeness (QED) is 0.331. The first kappa shape index (κ1) is 22.1. The van der Waals surface area contributed by atoms with Crippen LogP contribution in [0.5, 0.6) is 5.75 Å². The molecule has 0 saturated carbocycles. The summed E-state index contributed by atoms with van der Waals surface area (Å²) in [6.45, 7) is 1.80. The zero-order valence-electron chi connectivity index (χ0n) is 17.9. The summed E-state index contributed by atoms with van der Waals surface area (Å²) >= 11 is 6.31. The largest absolute Gasteiger partial charge is 0.507 e. The van der Waals surface area contributed by atoms with Crippen molar-refractivity contribution < 1.29 is 19.4 Å². The van der Waals surface area contributed by atoms with E-state index < -0.39 is 17.7 Å². The summed E-state index contributed by atoms with van der Waals surface area (Å²) < 4.78 is 5.39. The van der Waals surface area contributed by atoms with Gasteiger partial charge < -0.3 is 9.84 Å². The van der Waals surface area contributed by atoms with E-state index in [1.165, 1.54) is 12.0 Å². The SMILES string of the molecule is COc1c(Cl)cc(C)cc1/C(O)=C1\C(=O)C(=O)N(c2ccc(C#N)cc2)C1c1ccccc1. The maximum atomic E-state index is 13.2. The number of carbonyl (C=O) groups excluding carboxylic acids is 2. The van der Waals surface area contributed by atoms with Crippen LogP contribution < -0.4 is 9.64 Å². The van der Waals surface area contributed by atoms with Gasteiger partial charge in [0.05, 0.1) is 40.9 Å². The standard InChI is InChI=1S/C26H19ClN2O4/c1-15-12-19(25(33-2)20(27)13-15)23(30)21-22(17-6-4-3-5-7-17)29(26(32)24(21)31)18-10-8-16(14-28)9-11-18/h3-13,22,30H,1-2H3/b23-21+. The van der Waals surface area contributed by atoms with E-state index in [0.29, 0.717) is 16.8 Å². The highest BCUT2D eigenvalue weighted by atomic mass is 35.5. The van der Waals surface area contributed by atoms with Crippen molar-refractivity contribution in [3.05, 3.63) is 99.6 Å². The van der Waals surface area contributed by atoms with Crippen LogP contribution in [0, 0.1) is 18.3 Å². The van der Waals surface area contributed by atoms with Crippen LogP contribution in [-0.4, -0.2) is 23.9 Å². The molecule has 1 N–H and O–H groups in total. The highest BCUT2D eigenvalue weighted by Gasteiger charge is 2.47. The lowest BCUT2D eigenvalue weighted by molar-refractivity contribution is -0.132. The maximum Gasteiger partial charge on any atom is 0.300 e. The smallest absolute Gasteiger partial charge is 0.300 e. The van der Waals surface area contributed by atoms with E-state index in [4.69, 9.17) is 21.6 Å². The third kappa shape index (κ3) is 3.84. The Balaban J connectivity index is 1.98. The fourth-order valence-electron chi connectivity index (χ4n) is 4.00. The molecule has 1 aliphatic rings. The summed E-state index contributed by atoms with van der Waals surface area (Å²) in [7, 11) is 1.41. The highest BCUT2D eigenvalue weighted by Crippen LogP contribution is 2.44. The Labute approximate surface area is 195 Å². The van der Waals surface area contributed by atoms with Crippen molar-refractivity contribution >= 4 is 34.7 Å². The molecular formula is C26H19ClN2O4. The Morgan fingerprint density at radius 3 is 2.36 bits per heavy atom. The van der Waals surface area contributed by atoms with Crippen LogP contribution in [0.15, 0.2) is 72.3 Å². The van der Waals surface area contributed by atoms with Gasteiger partial charge in [-0.3, -0.25) is 14.5 Å². The van der Waals surface area contributed by atoms with Gasteiger partial charge >= 0.3 is 0 Å². The maximum absolute atomic E-state index is 13.2. The molecule has 33 heavy (non-hydrogen) atoms. The molecule has 1 unspecified atom stereocenters. The van der Waals surface area contributed by atoms with Crippen LogP contribution in [0.25, 0.3) is 5.76 Å². The molecule has 1 atom stereocenters. The Bertz CT molecular complexity index is 1320. The number of aliphatic hydroxyl groups excluding tert-OH is 1. The second-order valence-electron chi connectivity index (χ2n) is 7.57. The predicted octanol–water partition coefficient (Wildman–Crippen LogP) is 5.16. The molecule has 3 aromatic rings. The number of hydrogen-bond acceptors (Lipinski definition) is 5. The van der Waals surface area contributed by atoms with Gasteiger partial charge in [-0.2, -0.15) is 5.26 Å². The van der Waals surface area contributed by atoms with Gasteiger partial charge in [0.25, 0.3) is 11.7 Å². The Morgan fingerprint density at radius 1 is 1.09 bits per heavy atom. The van der Waals surface area contributed by atoms with Crippen molar-refractivity contribution in [3.63, 3.8) is 0 Å². The number of ether oxygens (including phenoxy) is 1. The molecule has 0 aromatic heterocycles. The molecule has 1 heterocycles. The van der Waals surface area contributed by atoms with Gasteiger partial charge in [-0.15, -0.1) is 0 Å². The number of aryl methyl sites for hydroxylation is 1. The first-order valence-corrected chi connectivity index (χ1v) is 10.5. The average Bonchev–Trinajstić information content (AvgIpc) is 3.09. The van der Waals surface area contributed by atoms with Crippen LogP contribution in [0.1, 0.15) is 28.3 Å². The number of hydrogen-bond donors (Lipinski definition) is 1. The van der Waals surface area contributed by atoms with Crippen LogP contribution in [0.3, 0.4) is 0 Å². The van der Waals surface area contributed by atoms with Crippen molar-refractivity contribution in [2.24, 2.45) is 0 Å². The number of benzene rings is 3. The third-order valence-electron chi connectivity index (χ3n) is 5.48. The molecule has 1 amide bonds. The fourth-order valence-corrected chi connectivity index (χ4v) is 4.35. The Hall–Kier alpha value is -4.08. The molecule has 1 fully saturated rings. The van der Waals surface area contributed by atoms with E-state index >= 15 is 0 Å². The molecule has 0 aliphatic carbocycles. The molecule has 1 aliphatic heterocycles. The van der Waals surface area contributed by atoms with E-state index in [2.05, 4.69) is 0 Å². The zero-order valence-corrected chi connectivity index (χ0v) is 18.6. The minimum absolute atomic E-state index is 0.0736. The van der Waals surface area contributed by atoms with E-state index in [-0.39, 0.29) is 27.7 Å². The number of amides is 1. The normalized spacial score (nSPS) is 17.2. The van der Waals surface area contributed by atoms with E-state index in [1.54, 1.807) is 67.6 Å². The second-order valence-corrected chi connectivity index (χ2v) is 7.97. The molecule has 0 spiro atoms. The van der Waals surface area contributed by atoms with E-state index in [9.17, 15) is 14.7 Å². The number of rotatable bonds is 4. The van der Waals surface area contributed by atoms with Crippen LogP contribution in [-0.2, 0) is 9.59 Å². The van der Waals surface area contributed by atoms with Crippen molar-refractivity contribution in [2.75, 3.05) is 12.0 Å². The van der Waals surface area contributed by atoms with Gasteiger partial charge in [0.2, 0.25) is 0 Å². The summed E-state index contributed by atoms with van der Waals surface area (Å²) in [6.07, 6.45) is 0. The van der Waals surface area contributed by atoms with Crippen molar-refractivity contribution in [3.8, 4) is 11.8 Å². The van der Waals surface area contributed by atoms with E-state index in [0.717, 1.165) is 5.56 Å². The molecule has 164 valence electrons. The number of nitrogens with zero attached hydrogens (tertiary/aromatic N) is 2. The number of Topliss-reactive ketones (excluding diaryl/α,β-unsaturated/α-hetero) is 1. The fraction of sp³-hybridized carbons (Fsp3) is 0.115. The second kappa shape index (κ2) is 8.81. The number of halogens is 1. The summed E-state index contributed by atoms with van der Waals surface area (Å²) in [6, 6.07) is 19.8. The number of ketones is 1. The minimum Gasteiger partial charge on any atom is -0.507 e. The summed E-state index contributed by atoms with van der Waals surface area (Å²) in [4.78, 5) is 27.8. The minimum atomic E-state index is -0.886. The van der Waals surface area contributed by atoms with Gasteiger partial charge in [0.1, 0.15) is 11.5 Å². The monoisotopic (exact) mass is 458 g/mol. The summed E-state index contributed by atoms with van der Waals surface area (Å²) in [5.74, 6) is -1.78. The van der Waals surface area contributed by atoms with Gasteiger partial charge in [-0.1, -0.05) is 41.9 Å². The van der Waals surface area contributed by atoms with Crippen LogP contribution in [0.4, 0.5) is 5.69 Å². The van der Waals surface area contributed by atoms with E-state index in [1.807, 2.05) is 12.1 Å².